The van der Waals surface area contributed by atoms with Gasteiger partial charge in [-0.05, 0) is 26.2 Å². The first-order valence-electron chi connectivity index (χ1n) is 5.29. The quantitative estimate of drug-likeness (QED) is 0.637. The van der Waals surface area contributed by atoms with E-state index in [4.69, 9.17) is 5.11 Å². The smallest absolute Gasteiger partial charge is 0.325 e. The summed E-state index contributed by atoms with van der Waals surface area (Å²) in [5.41, 5.74) is 0. The van der Waals surface area contributed by atoms with Crippen LogP contribution in [0.3, 0.4) is 0 Å². The molecule has 5 heteroatoms. The summed E-state index contributed by atoms with van der Waals surface area (Å²) in [4.78, 5) is 21.8. The van der Waals surface area contributed by atoms with Gasteiger partial charge in [-0.15, -0.1) is 0 Å². The Balaban J connectivity index is 2.18. The number of urea groups is 1. The van der Waals surface area contributed by atoms with E-state index < -0.39 is 18.0 Å². The fraction of sp³-hybridized carbons (Fsp3) is 0.800. The van der Waals surface area contributed by atoms with E-state index in [1.54, 1.807) is 0 Å². The summed E-state index contributed by atoms with van der Waals surface area (Å²) in [5.74, 6) is -0.280. The fourth-order valence-corrected chi connectivity index (χ4v) is 1.44. The summed E-state index contributed by atoms with van der Waals surface area (Å²) < 4.78 is 0. The molecule has 1 rings (SSSR count). The third-order valence-corrected chi connectivity index (χ3v) is 2.48. The molecular formula is C10H18N2O3. The average Bonchev–Trinajstić information content (AvgIpc) is 2.86. The van der Waals surface area contributed by atoms with Gasteiger partial charge in [0, 0.05) is 6.04 Å². The van der Waals surface area contributed by atoms with Gasteiger partial charge in [0.1, 0.15) is 6.04 Å². The molecule has 0 heterocycles. The van der Waals surface area contributed by atoms with Gasteiger partial charge in [0.05, 0.1) is 0 Å². The van der Waals surface area contributed by atoms with Crippen molar-refractivity contribution < 1.29 is 14.7 Å². The van der Waals surface area contributed by atoms with Crippen LogP contribution in [0.25, 0.3) is 0 Å². The molecule has 0 saturated heterocycles. The van der Waals surface area contributed by atoms with E-state index in [1.807, 2.05) is 6.92 Å². The number of carboxylic acids is 1. The Labute approximate surface area is 89.2 Å². The number of carboxylic acid groups (broad SMARTS) is 1. The minimum atomic E-state index is -1.03. The third-order valence-electron chi connectivity index (χ3n) is 2.48. The van der Waals surface area contributed by atoms with Gasteiger partial charge in [-0.2, -0.15) is 0 Å². The van der Waals surface area contributed by atoms with E-state index in [1.165, 1.54) is 19.8 Å². The second-order valence-electron chi connectivity index (χ2n) is 4.26. The van der Waals surface area contributed by atoms with Crippen LogP contribution in [0.4, 0.5) is 4.79 Å². The van der Waals surface area contributed by atoms with E-state index in [9.17, 15) is 9.59 Å². The molecular weight excluding hydrogens is 196 g/mol. The maximum Gasteiger partial charge on any atom is 0.325 e. The molecule has 2 atom stereocenters. The van der Waals surface area contributed by atoms with Gasteiger partial charge in [0.25, 0.3) is 0 Å². The summed E-state index contributed by atoms with van der Waals surface area (Å²) >= 11 is 0. The van der Waals surface area contributed by atoms with Crippen molar-refractivity contribution in [1.29, 1.82) is 0 Å². The Bertz CT molecular complexity index is 251. The van der Waals surface area contributed by atoms with Crippen molar-refractivity contribution in [2.75, 3.05) is 0 Å². The van der Waals surface area contributed by atoms with Crippen LogP contribution in [-0.2, 0) is 4.79 Å². The fourth-order valence-electron chi connectivity index (χ4n) is 1.44. The molecule has 1 saturated carbocycles. The molecule has 2 amide bonds. The monoisotopic (exact) mass is 214 g/mol. The first-order chi connectivity index (χ1) is 6.99. The molecule has 2 unspecified atom stereocenters. The lowest BCUT2D eigenvalue weighted by Gasteiger charge is -2.15. The van der Waals surface area contributed by atoms with Gasteiger partial charge in [-0.3, -0.25) is 4.79 Å². The Morgan fingerprint density at radius 3 is 2.40 bits per heavy atom. The van der Waals surface area contributed by atoms with Gasteiger partial charge in [-0.25, -0.2) is 4.79 Å². The topological polar surface area (TPSA) is 78.4 Å². The largest absolute Gasteiger partial charge is 0.480 e. The second-order valence-corrected chi connectivity index (χ2v) is 4.26. The van der Waals surface area contributed by atoms with Crippen molar-refractivity contribution in [3.8, 4) is 0 Å². The predicted molar refractivity (Wildman–Crippen MR) is 55.6 cm³/mol. The number of nitrogens with one attached hydrogen (secondary N) is 2. The Morgan fingerprint density at radius 2 is 1.93 bits per heavy atom. The van der Waals surface area contributed by atoms with E-state index in [0.717, 1.165) is 12.3 Å². The highest BCUT2D eigenvalue weighted by Crippen LogP contribution is 2.33. The average molecular weight is 214 g/mol. The summed E-state index contributed by atoms with van der Waals surface area (Å²) in [6, 6.07) is -1.14. The van der Waals surface area contributed by atoms with Crippen LogP contribution < -0.4 is 10.6 Å². The number of carbonyl (C=O) groups is 2. The Hall–Kier alpha value is -1.26. The maximum absolute atomic E-state index is 11.3. The lowest BCUT2D eigenvalue weighted by molar-refractivity contribution is -0.138. The Morgan fingerprint density at radius 1 is 1.33 bits per heavy atom. The SMILES string of the molecule is CC(CC1CC1)NC(=O)NC(C)C(=O)O. The predicted octanol–water partition coefficient (Wildman–Crippen LogP) is 0.947. The molecule has 1 fully saturated rings. The van der Waals surface area contributed by atoms with Crippen molar-refractivity contribution in [3.63, 3.8) is 0 Å². The highest BCUT2D eigenvalue weighted by Gasteiger charge is 2.24. The van der Waals surface area contributed by atoms with Crippen LogP contribution in [0, 0.1) is 5.92 Å². The van der Waals surface area contributed by atoms with Crippen LogP contribution in [0.1, 0.15) is 33.1 Å². The molecule has 0 aromatic carbocycles. The lowest BCUT2D eigenvalue weighted by Crippen LogP contribution is -2.47. The molecule has 0 radical (unpaired) electrons. The second kappa shape index (κ2) is 5.00. The van der Waals surface area contributed by atoms with Crippen LogP contribution in [-0.4, -0.2) is 29.2 Å². The summed E-state index contributed by atoms with van der Waals surface area (Å²) in [6.07, 6.45) is 3.48. The van der Waals surface area contributed by atoms with Gasteiger partial charge in [0.15, 0.2) is 0 Å². The number of amides is 2. The first kappa shape index (κ1) is 11.8. The van der Waals surface area contributed by atoms with E-state index >= 15 is 0 Å². The van der Waals surface area contributed by atoms with Gasteiger partial charge >= 0.3 is 12.0 Å². The van der Waals surface area contributed by atoms with Crippen molar-refractivity contribution in [3.05, 3.63) is 0 Å². The lowest BCUT2D eigenvalue weighted by atomic mass is 10.2. The van der Waals surface area contributed by atoms with Crippen molar-refractivity contribution in [1.82, 2.24) is 10.6 Å². The molecule has 0 spiro atoms. The van der Waals surface area contributed by atoms with Crippen molar-refractivity contribution >= 4 is 12.0 Å². The molecule has 0 bridgehead atoms. The summed E-state index contributed by atoms with van der Waals surface area (Å²) in [5, 5.41) is 13.7. The number of aliphatic carboxylic acids is 1. The van der Waals surface area contributed by atoms with Crippen LogP contribution >= 0.6 is 0 Å². The number of hydrogen-bond acceptors (Lipinski definition) is 2. The normalized spacial score (nSPS) is 19.1. The zero-order valence-corrected chi connectivity index (χ0v) is 9.12. The van der Waals surface area contributed by atoms with Gasteiger partial charge in [0.2, 0.25) is 0 Å². The van der Waals surface area contributed by atoms with Crippen LogP contribution in [0.2, 0.25) is 0 Å². The molecule has 1 aliphatic carbocycles. The van der Waals surface area contributed by atoms with E-state index in [0.29, 0.717) is 0 Å². The highest BCUT2D eigenvalue weighted by atomic mass is 16.4. The highest BCUT2D eigenvalue weighted by molar-refractivity contribution is 5.82. The zero-order valence-electron chi connectivity index (χ0n) is 9.12. The van der Waals surface area contributed by atoms with Gasteiger partial charge < -0.3 is 15.7 Å². The molecule has 1 aliphatic rings. The molecule has 15 heavy (non-hydrogen) atoms. The number of carbonyl (C=O) groups excluding carboxylic acids is 1. The zero-order chi connectivity index (χ0) is 11.4. The first-order valence-corrected chi connectivity index (χ1v) is 5.29. The standard InChI is InChI=1S/C10H18N2O3/c1-6(5-8-3-4-8)11-10(15)12-7(2)9(13)14/h6-8H,3-5H2,1-2H3,(H,13,14)(H2,11,12,15). The minimum absolute atomic E-state index is 0.110. The van der Waals surface area contributed by atoms with Crippen molar-refractivity contribution in [2.24, 2.45) is 5.92 Å². The minimum Gasteiger partial charge on any atom is -0.480 e. The molecule has 5 nitrogen and oxygen atoms in total. The van der Waals surface area contributed by atoms with E-state index in [2.05, 4.69) is 10.6 Å². The van der Waals surface area contributed by atoms with Crippen LogP contribution in [0.5, 0.6) is 0 Å². The summed E-state index contributed by atoms with van der Waals surface area (Å²) in [7, 11) is 0. The van der Waals surface area contributed by atoms with Gasteiger partial charge in [-0.1, -0.05) is 12.8 Å². The molecule has 0 aliphatic heterocycles. The summed E-state index contributed by atoms with van der Waals surface area (Å²) in [6.45, 7) is 3.37. The molecule has 86 valence electrons. The van der Waals surface area contributed by atoms with Crippen molar-refractivity contribution in [2.45, 2.75) is 45.2 Å². The van der Waals surface area contributed by atoms with E-state index in [-0.39, 0.29) is 6.04 Å². The van der Waals surface area contributed by atoms with Crippen LogP contribution in [0.15, 0.2) is 0 Å². The molecule has 0 aromatic rings. The molecule has 0 aromatic heterocycles. The Kier molecular flexibility index (Phi) is 3.94. The number of rotatable bonds is 5. The third kappa shape index (κ3) is 4.67. The maximum atomic E-state index is 11.3. The number of hydrogen-bond donors (Lipinski definition) is 3. The molecule has 3 N–H and O–H groups in total.